The predicted octanol–water partition coefficient (Wildman–Crippen LogP) is 3.82. The van der Waals surface area contributed by atoms with Gasteiger partial charge in [-0.15, -0.1) is 0 Å². The summed E-state index contributed by atoms with van der Waals surface area (Å²) >= 11 is -0.00292. The van der Waals surface area contributed by atoms with Crippen LogP contribution in [0.2, 0.25) is 0 Å². The fourth-order valence-corrected chi connectivity index (χ4v) is 10.2. The summed E-state index contributed by atoms with van der Waals surface area (Å²) in [5.74, 6) is -2.53. The van der Waals surface area contributed by atoms with Crippen molar-refractivity contribution in [1.82, 2.24) is 0 Å². The van der Waals surface area contributed by atoms with E-state index in [2.05, 4.69) is 12.1 Å². The zero-order chi connectivity index (χ0) is 15.3. The van der Waals surface area contributed by atoms with Crippen molar-refractivity contribution < 1.29 is 4.57 Å². The van der Waals surface area contributed by atoms with Gasteiger partial charge in [0.15, 0.2) is 0 Å². The molecule has 0 aliphatic heterocycles. The Balaban J connectivity index is 1.95. The van der Waals surface area contributed by atoms with E-state index in [1.165, 1.54) is 5.56 Å². The third-order valence-electron chi connectivity index (χ3n) is 3.45. The van der Waals surface area contributed by atoms with Crippen LogP contribution in [0.25, 0.3) is 0 Å². The Morgan fingerprint density at radius 1 is 0.636 bits per heavy atom. The van der Waals surface area contributed by atoms with Gasteiger partial charge in [0.1, 0.15) is 0 Å². The number of rotatable bonds is 5. The fraction of sp³-hybridized carbons (Fsp3) is 0.0526. The first kappa shape index (κ1) is 15.3. The summed E-state index contributed by atoms with van der Waals surface area (Å²) in [6, 6.07) is 30.2. The third kappa shape index (κ3) is 3.42. The maximum atomic E-state index is 13.8. The second-order valence-electron chi connectivity index (χ2n) is 4.98. The van der Waals surface area contributed by atoms with E-state index in [-0.39, 0.29) is 14.5 Å². The van der Waals surface area contributed by atoms with E-state index in [4.69, 9.17) is 0 Å². The molecule has 0 atom stereocenters. The van der Waals surface area contributed by atoms with Crippen LogP contribution < -0.4 is 10.6 Å². The van der Waals surface area contributed by atoms with Gasteiger partial charge >= 0.3 is 137 Å². The van der Waals surface area contributed by atoms with Crippen LogP contribution in [0.4, 0.5) is 0 Å². The van der Waals surface area contributed by atoms with E-state index in [0.29, 0.717) is 0 Å². The van der Waals surface area contributed by atoms with Crippen LogP contribution in [0.5, 0.6) is 0 Å². The molecule has 0 aliphatic carbocycles. The molecule has 0 aliphatic rings. The van der Waals surface area contributed by atoms with Crippen molar-refractivity contribution in [2.24, 2.45) is 0 Å². The summed E-state index contributed by atoms with van der Waals surface area (Å²) in [5.41, 5.74) is 1.26. The van der Waals surface area contributed by atoms with E-state index >= 15 is 0 Å². The second kappa shape index (κ2) is 7.11. The first-order chi connectivity index (χ1) is 10.8. The molecule has 0 spiro atoms. The normalized spacial score (nSPS) is 11.3. The molecule has 3 heteroatoms. The molecule has 1 nitrogen and oxygen atoms in total. The minimum atomic E-state index is -2.53. The summed E-state index contributed by atoms with van der Waals surface area (Å²) in [4.78, 5) is 0. The van der Waals surface area contributed by atoms with Crippen LogP contribution in [0.3, 0.4) is 0 Å². The molecule has 110 valence electrons. The monoisotopic (exact) mass is 372 g/mol. The summed E-state index contributed by atoms with van der Waals surface area (Å²) in [7, 11) is 0. The van der Waals surface area contributed by atoms with Crippen molar-refractivity contribution in [3.63, 3.8) is 0 Å². The summed E-state index contributed by atoms with van der Waals surface area (Å²) in [6.07, 6.45) is 0. The van der Waals surface area contributed by atoms with Gasteiger partial charge in [-0.05, 0) is 0 Å². The van der Waals surface area contributed by atoms with Crippen LogP contribution in [-0.2, 0) is 9.88 Å². The molecular formula is C19H17OPSe. The Hall–Kier alpha value is -1.59. The first-order valence-electron chi connectivity index (χ1n) is 7.19. The van der Waals surface area contributed by atoms with Crippen LogP contribution >= 0.6 is 5.83 Å². The molecule has 0 aromatic heterocycles. The Bertz CT molecular complexity index is 714. The Labute approximate surface area is 137 Å². The van der Waals surface area contributed by atoms with Crippen LogP contribution in [0.15, 0.2) is 91.0 Å². The molecular weight excluding hydrogens is 354 g/mol. The van der Waals surface area contributed by atoms with E-state index in [1.807, 2.05) is 78.9 Å². The minimum absolute atomic E-state index is 0.00292. The van der Waals surface area contributed by atoms with E-state index in [1.54, 1.807) is 0 Å². The SMILES string of the molecule is O=P([Se]Cc1ccccc1)(c1ccccc1)c1ccccc1. The van der Waals surface area contributed by atoms with Crippen LogP contribution in [-0.4, -0.2) is 14.5 Å². The molecule has 0 N–H and O–H groups in total. The van der Waals surface area contributed by atoms with Gasteiger partial charge in [-0.1, -0.05) is 0 Å². The zero-order valence-electron chi connectivity index (χ0n) is 12.1. The maximum absolute atomic E-state index is 13.8. The third-order valence-corrected chi connectivity index (χ3v) is 12.4. The fourth-order valence-electron chi connectivity index (χ4n) is 2.29. The zero-order valence-corrected chi connectivity index (χ0v) is 14.7. The molecule has 0 saturated heterocycles. The van der Waals surface area contributed by atoms with Gasteiger partial charge in [0.25, 0.3) is 0 Å². The van der Waals surface area contributed by atoms with Crippen molar-refractivity contribution in [3.8, 4) is 0 Å². The van der Waals surface area contributed by atoms with Gasteiger partial charge in [-0.25, -0.2) is 0 Å². The predicted molar refractivity (Wildman–Crippen MR) is 95.7 cm³/mol. The topological polar surface area (TPSA) is 17.1 Å². The molecule has 3 rings (SSSR count). The van der Waals surface area contributed by atoms with Gasteiger partial charge in [-0.3, -0.25) is 0 Å². The number of benzene rings is 3. The number of hydrogen-bond acceptors (Lipinski definition) is 1. The van der Waals surface area contributed by atoms with E-state index < -0.39 is 5.83 Å². The van der Waals surface area contributed by atoms with E-state index in [9.17, 15) is 4.57 Å². The molecule has 3 aromatic carbocycles. The van der Waals surface area contributed by atoms with Crippen molar-refractivity contribution >= 4 is 31.0 Å². The van der Waals surface area contributed by atoms with Gasteiger partial charge in [0.2, 0.25) is 0 Å². The Kier molecular flexibility index (Phi) is 4.95. The van der Waals surface area contributed by atoms with Gasteiger partial charge in [-0.2, -0.15) is 0 Å². The van der Waals surface area contributed by atoms with Crippen molar-refractivity contribution in [2.45, 2.75) is 5.32 Å². The van der Waals surface area contributed by atoms with Gasteiger partial charge < -0.3 is 0 Å². The van der Waals surface area contributed by atoms with Crippen molar-refractivity contribution in [2.75, 3.05) is 0 Å². The molecule has 3 aromatic rings. The summed E-state index contributed by atoms with van der Waals surface area (Å²) in [6.45, 7) is 0. The molecule has 0 saturated carbocycles. The standard InChI is InChI=1S/C19H17OPSe/c20-21(18-12-6-2-7-13-18,19-14-8-3-9-15-19)22-16-17-10-4-1-5-11-17/h1-15H,16H2. The van der Waals surface area contributed by atoms with Crippen molar-refractivity contribution in [3.05, 3.63) is 96.6 Å². The quantitative estimate of drug-likeness (QED) is 0.492. The molecule has 22 heavy (non-hydrogen) atoms. The molecule has 0 bridgehead atoms. The Morgan fingerprint density at radius 2 is 1.05 bits per heavy atom. The average molecular weight is 371 g/mol. The Morgan fingerprint density at radius 3 is 1.50 bits per heavy atom. The number of hydrogen-bond donors (Lipinski definition) is 0. The molecule has 0 heterocycles. The summed E-state index contributed by atoms with van der Waals surface area (Å²) in [5, 5.41) is 2.82. The molecule has 0 unspecified atom stereocenters. The molecule has 0 radical (unpaired) electrons. The summed E-state index contributed by atoms with van der Waals surface area (Å²) < 4.78 is 13.8. The second-order valence-corrected chi connectivity index (χ2v) is 12.8. The van der Waals surface area contributed by atoms with Gasteiger partial charge in [0, 0.05) is 0 Å². The van der Waals surface area contributed by atoms with Crippen LogP contribution in [0, 0.1) is 0 Å². The average Bonchev–Trinajstić information content (AvgIpc) is 2.62. The molecule has 0 amide bonds. The van der Waals surface area contributed by atoms with Crippen LogP contribution in [0.1, 0.15) is 5.56 Å². The molecule has 0 fully saturated rings. The van der Waals surface area contributed by atoms with Crippen molar-refractivity contribution in [1.29, 1.82) is 0 Å². The first-order valence-corrected chi connectivity index (χ1v) is 12.3. The van der Waals surface area contributed by atoms with Gasteiger partial charge in [0.05, 0.1) is 0 Å². The van der Waals surface area contributed by atoms with E-state index in [0.717, 1.165) is 15.9 Å².